The van der Waals surface area contributed by atoms with Gasteiger partial charge in [0, 0.05) is 26.1 Å². The number of Topliss-reactive ketones (excluding diaryl/α,β-unsaturated/α-hetero) is 1. The second-order valence-electron chi connectivity index (χ2n) is 8.12. The van der Waals surface area contributed by atoms with Gasteiger partial charge in [-0.15, -0.1) is 0 Å². The van der Waals surface area contributed by atoms with E-state index in [1.807, 2.05) is 6.92 Å². The Hall–Kier alpha value is -2.22. The zero-order valence-corrected chi connectivity index (χ0v) is 18.0. The summed E-state index contributed by atoms with van der Waals surface area (Å²) in [7, 11) is 1.68. The number of carbonyl (C=O) groups excluding carboxylic acids is 1. The number of imidazole rings is 1. The molecule has 6 nitrogen and oxygen atoms in total. The fraction of sp³-hybridized carbons (Fsp3) is 0.636. The van der Waals surface area contributed by atoms with Gasteiger partial charge >= 0.3 is 0 Å². The molecule has 1 aromatic heterocycles. The maximum atomic E-state index is 14.6. The van der Waals surface area contributed by atoms with Gasteiger partial charge in [0.15, 0.2) is 17.4 Å². The molecule has 1 aliphatic rings. The van der Waals surface area contributed by atoms with Crippen LogP contribution >= 0.6 is 0 Å². The van der Waals surface area contributed by atoms with E-state index in [4.69, 9.17) is 14.2 Å². The van der Waals surface area contributed by atoms with Crippen molar-refractivity contribution < 1.29 is 27.8 Å². The Balaban J connectivity index is 1.60. The molecule has 0 unspecified atom stereocenters. The Morgan fingerprint density at radius 2 is 1.93 bits per heavy atom. The van der Waals surface area contributed by atoms with Crippen LogP contribution < -0.4 is 9.47 Å². The third-order valence-electron chi connectivity index (χ3n) is 5.42. The minimum Gasteiger partial charge on any atom is -0.488 e. The number of benzene rings is 1. The van der Waals surface area contributed by atoms with Crippen molar-refractivity contribution in [3.05, 3.63) is 17.7 Å². The fourth-order valence-corrected chi connectivity index (χ4v) is 3.91. The van der Waals surface area contributed by atoms with E-state index in [9.17, 15) is 13.6 Å². The molecule has 0 saturated heterocycles. The standard InChI is InChI=1S/C22H30F2N2O4/c1-5-28-21-17(23)11-18-20(19(21)24)25-22(26(18)4)30-16-8-6-15(7-9-16)29-12-13(2)10-14(3)27/h11,13,15-16H,5-10,12H2,1-4H3/t13-,15?,16?/m1/s1. The van der Waals surface area contributed by atoms with E-state index >= 15 is 0 Å². The Labute approximate surface area is 175 Å². The molecule has 166 valence electrons. The van der Waals surface area contributed by atoms with E-state index in [0.29, 0.717) is 18.5 Å². The molecule has 1 atom stereocenters. The van der Waals surface area contributed by atoms with Crippen LogP contribution in [-0.2, 0) is 16.6 Å². The Morgan fingerprint density at radius 3 is 2.57 bits per heavy atom. The van der Waals surface area contributed by atoms with Crippen LogP contribution in [-0.4, -0.2) is 40.8 Å². The predicted molar refractivity (Wildman–Crippen MR) is 109 cm³/mol. The fourth-order valence-electron chi connectivity index (χ4n) is 3.91. The summed E-state index contributed by atoms with van der Waals surface area (Å²) in [6.07, 6.45) is 3.89. The van der Waals surface area contributed by atoms with Gasteiger partial charge in [0.05, 0.1) is 18.2 Å². The molecule has 1 fully saturated rings. The third kappa shape index (κ3) is 5.09. The maximum absolute atomic E-state index is 14.6. The number of hydrogen-bond acceptors (Lipinski definition) is 5. The van der Waals surface area contributed by atoms with Crippen molar-refractivity contribution in [2.24, 2.45) is 13.0 Å². The molecule has 0 amide bonds. The molecule has 0 N–H and O–H groups in total. The molecule has 30 heavy (non-hydrogen) atoms. The zero-order chi connectivity index (χ0) is 21.8. The Morgan fingerprint density at radius 1 is 1.27 bits per heavy atom. The molecule has 8 heteroatoms. The summed E-state index contributed by atoms with van der Waals surface area (Å²) in [6.45, 7) is 6.01. The molecule has 1 saturated carbocycles. The molecule has 3 rings (SSSR count). The van der Waals surface area contributed by atoms with Crippen LogP contribution in [0.1, 0.15) is 52.9 Å². The van der Waals surface area contributed by atoms with Crippen LogP contribution in [0.5, 0.6) is 11.8 Å². The maximum Gasteiger partial charge on any atom is 0.297 e. The van der Waals surface area contributed by atoms with Crippen LogP contribution in [0.25, 0.3) is 11.0 Å². The number of fused-ring (bicyclic) bond motifs is 1. The summed E-state index contributed by atoms with van der Waals surface area (Å²) < 4.78 is 47.4. The van der Waals surface area contributed by atoms with Crippen molar-refractivity contribution in [1.29, 1.82) is 0 Å². The van der Waals surface area contributed by atoms with E-state index in [1.54, 1.807) is 25.5 Å². The van der Waals surface area contributed by atoms with E-state index in [1.165, 1.54) is 6.07 Å². The number of aromatic nitrogens is 2. The lowest BCUT2D eigenvalue weighted by atomic mass is 9.95. The van der Waals surface area contributed by atoms with Crippen molar-refractivity contribution in [3.8, 4) is 11.8 Å². The highest BCUT2D eigenvalue weighted by Gasteiger charge is 2.26. The van der Waals surface area contributed by atoms with Gasteiger partial charge in [0.2, 0.25) is 0 Å². The Bertz CT molecular complexity index is 891. The quantitative estimate of drug-likeness (QED) is 0.590. The molecule has 0 radical (unpaired) electrons. The van der Waals surface area contributed by atoms with Crippen molar-refractivity contribution in [1.82, 2.24) is 9.55 Å². The lowest BCUT2D eigenvalue weighted by Crippen LogP contribution is -2.30. The number of hydrogen-bond donors (Lipinski definition) is 0. The summed E-state index contributed by atoms with van der Waals surface area (Å²) in [5, 5.41) is 0. The average molecular weight is 424 g/mol. The van der Waals surface area contributed by atoms with Crippen LogP contribution in [0, 0.1) is 17.6 Å². The monoisotopic (exact) mass is 424 g/mol. The number of carbonyl (C=O) groups is 1. The molecule has 1 aromatic carbocycles. The first kappa shape index (κ1) is 22.5. The number of rotatable bonds is 9. The summed E-state index contributed by atoms with van der Waals surface area (Å²) in [5.74, 6) is -1.59. The number of ketones is 1. The van der Waals surface area contributed by atoms with Gasteiger partial charge in [-0.2, -0.15) is 4.98 Å². The SMILES string of the molecule is CCOc1c(F)cc2c(nc(OC3CCC(OC[C@H](C)CC(C)=O)CC3)n2C)c1F. The van der Waals surface area contributed by atoms with E-state index in [-0.39, 0.29) is 42.0 Å². The van der Waals surface area contributed by atoms with Crippen molar-refractivity contribution in [2.45, 2.75) is 65.1 Å². The van der Waals surface area contributed by atoms with Gasteiger partial charge in [0.25, 0.3) is 6.01 Å². The molecule has 1 heterocycles. The summed E-state index contributed by atoms with van der Waals surface area (Å²) in [4.78, 5) is 15.4. The topological polar surface area (TPSA) is 62.6 Å². The first-order chi connectivity index (χ1) is 14.3. The van der Waals surface area contributed by atoms with Gasteiger partial charge in [-0.05, 0) is 45.4 Å². The van der Waals surface area contributed by atoms with Gasteiger partial charge in [-0.3, -0.25) is 4.57 Å². The van der Waals surface area contributed by atoms with E-state index < -0.39 is 17.4 Å². The van der Waals surface area contributed by atoms with Crippen molar-refractivity contribution in [2.75, 3.05) is 13.2 Å². The minimum absolute atomic E-state index is 0.0360. The van der Waals surface area contributed by atoms with Crippen molar-refractivity contribution >= 4 is 16.8 Å². The molecular formula is C22H30F2N2O4. The first-order valence-corrected chi connectivity index (χ1v) is 10.5. The largest absolute Gasteiger partial charge is 0.488 e. The lowest BCUT2D eigenvalue weighted by Gasteiger charge is -2.29. The lowest BCUT2D eigenvalue weighted by molar-refractivity contribution is -0.118. The van der Waals surface area contributed by atoms with E-state index in [2.05, 4.69) is 4.98 Å². The number of aryl methyl sites for hydroxylation is 1. The second kappa shape index (κ2) is 9.73. The van der Waals surface area contributed by atoms with Crippen LogP contribution in [0.2, 0.25) is 0 Å². The van der Waals surface area contributed by atoms with Crippen LogP contribution in [0.3, 0.4) is 0 Å². The Kier molecular flexibility index (Phi) is 7.28. The predicted octanol–water partition coefficient (Wildman–Crippen LogP) is 4.57. The zero-order valence-electron chi connectivity index (χ0n) is 18.0. The molecule has 0 bridgehead atoms. The van der Waals surface area contributed by atoms with Gasteiger partial charge < -0.3 is 19.0 Å². The van der Waals surface area contributed by atoms with Gasteiger partial charge in [-0.1, -0.05) is 6.92 Å². The highest BCUT2D eigenvalue weighted by Crippen LogP contribution is 2.33. The normalized spacial score (nSPS) is 20.3. The van der Waals surface area contributed by atoms with E-state index in [0.717, 1.165) is 25.7 Å². The van der Waals surface area contributed by atoms with Gasteiger partial charge in [-0.25, -0.2) is 8.78 Å². The van der Waals surface area contributed by atoms with Crippen LogP contribution in [0.15, 0.2) is 6.07 Å². The summed E-state index contributed by atoms with van der Waals surface area (Å²) in [5.41, 5.74) is 0.355. The highest BCUT2D eigenvalue weighted by atomic mass is 19.1. The smallest absolute Gasteiger partial charge is 0.297 e. The molecule has 1 aliphatic carbocycles. The number of halogens is 2. The number of ether oxygens (including phenoxy) is 3. The molecule has 2 aromatic rings. The van der Waals surface area contributed by atoms with Crippen molar-refractivity contribution in [3.63, 3.8) is 0 Å². The van der Waals surface area contributed by atoms with Gasteiger partial charge in [0.1, 0.15) is 17.4 Å². The second-order valence-corrected chi connectivity index (χ2v) is 8.12. The highest BCUT2D eigenvalue weighted by molar-refractivity contribution is 5.79. The minimum atomic E-state index is -0.811. The summed E-state index contributed by atoms with van der Waals surface area (Å²) >= 11 is 0. The summed E-state index contributed by atoms with van der Waals surface area (Å²) in [6, 6.07) is 1.48. The number of nitrogens with zero attached hydrogens (tertiary/aromatic N) is 2. The average Bonchev–Trinajstić information content (AvgIpc) is 3.00. The third-order valence-corrected chi connectivity index (χ3v) is 5.42. The molecule has 0 aliphatic heterocycles. The molecule has 0 spiro atoms. The molecular weight excluding hydrogens is 394 g/mol. The van der Waals surface area contributed by atoms with Crippen LogP contribution in [0.4, 0.5) is 8.78 Å². The first-order valence-electron chi connectivity index (χ1n) is 10.5.